The molecule has 0 bridgehead atoms. The molecule has 2 aromatic rings. The standard InChI is InChI=1S/C13H14N2O3/c16-15(17)13-3-1-2-12-11(13)4-6-14(12)8-10-5-7-18-9-10/h1-4,6,10H,5,7-9H2. The molecular formula is C13H14N2O3. The van der Waals surface area contributed by atoms with Crippen molar-refractivity contribution in [2.45, 2.75) is 13.0 Å². The van der Waals surface area contributed by atoms with Crippen molar-refractivity contribution in [3.63, 3.8) is 0 Å². The monoisotopic (exact) mass is 246 g/mol. The van der Waals surface area contributed by atoms with Crippen LogP contribution < -0.4 is 0 Å². The Morgan fingerprint density at radius 3 is 3.06 bits per heavy atom. The number of nitro benzene ring substituents is 1. The molecular weight excluding hydrogens is 232 g/mol. The minimum Gasteiger partial charge on any atom is -0.381 e. The van der Waals surface area contributed by atoms with Crippen molar-refractivity contribution in [2.24, 2.45) is 5.92 Å². The highest BCUT2D eigenvalue weighted by Gasteiger charge is 2.18. The Labute approximate surface area is 104 Å². The van der Waals surface area contributed by atoms with Gasteiger partial charge in [0.05, 0.1) is 22.4 Å². The van der Waals surface area contributed by atoms with Crippen molar-refractivity contribution >= 4 is 16.6 Å². The van der Waals surface area contributed by atoms with Gasteiger partial charge in [0, 0.05) is 31.3 Å². The molecule has 5 heteroatoms. The predicted molar refractivity (Wildman–Crippen MR) is 67.5 cm³/mol. The number of benzene rings is 1. The number of ether oxygens (including phenoxy) is 1. The van der Waals surface area contributed by atoms with E-state index in [2.05, 4.69) is 4.57 Å². The predicted octanol–water partition coefficient (Wildman–Crippen LogP) is 2.59. The van der Waals surface area contributed by atoms with Crippen molar-refractivity contribution < 1.29 is 9.66 Å². The lowest BCUT2D eigenvalue weighted by Crippen LogP contribution is -2.09. The zero-order valence-electron chi connectivity index (χ0n) is 9.91. The van der Waals surface area contributed by atoms with E-state index >= 15 is 0 Å². The summed E-state index contributed by atoms with van der Waals surface area (Å²) in [6, 6.07) is 7.04. The zero-order chi connectivity index (χ0) is 12.5. The Balaban J connectivity index is 1.98. The lowest BCUT2D eigenvalue weighted by molar-refractivity contribution is -0.383. The van der Waals surface area contributed by atoms with Crippen LogP contribution in [-0.2, 0) is 11.3 Å². The molecule has 1 aliphatic heterocycles. The highest BCUT2D eigenvalue weighted by atomic mass is 16.6. The highest BCUT2D eigenvalue weighted by molar-refractivity contribution is 5.89. The van der Waals surface area contributed by atoms with Crippen LogP contribution in [0.2, 0.25) is 0 Å². The molecule has 2 heterocycles. The van der Waals surface area contributed by atoms with Crippen LogP contribution in [-0.4, -0.2) is 22.7 Å². The number of hydrogen-bond donors (Lipinski definition) is 0. The molecule has 0 saturated carbocycles. The fourth-order valence-electron chi connectivity index (χ4n) is 2.53. The molecule has 1 aliphatic rings. The third-order valence-corrected chi connectivity index (χ3v) is 3.47. The Morgan fingerprint density at radius 2 is 2.33 bits per heavy atom. The first-order valence-electron chi connectivity index (χ1n) is 6.05. The van der Waals surface area contributed by atoms with Crippen LogP contribution in [0, 0.1) is 16.0 Å². The summed E-state index contributed by atoms with van der Waals surface area (Å²) in [5, 5.41) is 11.7. The second kappa shape index (κ2) is 4.42. The highest BCUT2D eigenvalue weighted by Crippen LogP contribution is 2.27. The third-order valence-electron chi connectivity index (χ3n) is 3.47. The van der Waals surface area contributed by atoms with E-state index in [0.29, 0.717) is 11.3 Å². The molecule has 0 radical (unpaired) electrons. The molecule has 0 spiro atoms. The minimum absolute atomic E-state index is 0.175. The van der Waals surface area contributed by atoms with Gasteiger partial charge in [-0.05, 0) is 18.6 Å². The molecule has 0 amide bonds. The van der Waals surface area contributed by atoms with Crippen molar-refractivity contribution in [2.75, 3.05) is 13.2 Å². The molecule has 1 unspecified atom stereocenters. The van der Waals surface area contributed by atoms with Crippen LogP contribution in [0.25, 0.3) is 10.9 Å². The number of hydrogen-bond acceptors (Lipinski definition) is 3. The quantitative estimate of drug-likeness (QED) is 0.617. The van der Waals surface area contributed by atoms with E-state index in [4.69, 9.17) is 4.74 Å². The maximum atomic E-state index is 10.9. The van der Waals surface area contributed by atoms with Crippen molar-refractivity contribution in [1.82, 2.24) is 4.57 Å². The van der Waals surface area contributed by atoms with E-state index in [1.165, 1.54) is 0 Å². The van der Waals surface area contributed by atoms with Gasteiger partial charge in [-0.15, -0.1) is 0 Å². The van der Waals surface area contributed by atoms with Gasteiger partial charge in [-0.3, -0.25) is 10.1 Å². The summed E-state index contributed by atoms with van der Waals surface area (Å²) < 4.78 is 7.44. The number of aromatic nitrogens is 1. The summed E-state index contributed by atoms with van der Waals surface area (Å²) in [6.45, 7) is 2.48. The molecule has 1 aromatic heterocycles. The molecule has 1 atom stereocenters. The molecule has 18 heavy (non-hydrogen) atoms. The van der Waals surface area contributed by atoms with Gasteiger partial charge in [0.15, 0.2) is 0 Å². The molecule has 1 saturated heterocycles. The van der Waals surface area contributed by atoms with Gasteiger partial charge < -0.3 is 9.30 Å². The van der Waals surface area contributed by atoms with E-state index in [-0.39, 0.29) is 10.6 Å². The summed E-state index contributed by atoms with van der Waals surface area (Å²) in [5.74, 6) is 0.514. The smallest absolute Gasteiger partial charge is 0.278 e. The summed E-state index contributed by atoms with van der Waals surface area (Å²) in [6.07, 6.45) is 2.99. The lowest BCUT2D eigenvalue weighted by Gasteiger charge is -2.10. The molecule has 1 fully saturated rings. The average molecular weight is 246 g/mol. The van der Waals surface area contributed by atoms with Gasteiger partial charge in [0.1, 0.15) is 0 Å². The van der Waals surface area contributed by atoms with Gasteiger partial charge in [-0.1, -0.05) is 6.07 Å². The van der Waals surface area contributed by atoms with Gasteiger partial charge in [-0.2, -0.15) is 0 Å². The second-order valence-electron chi connectivity index (χ2n) is 4.66. The first-order valence-corrected chi connectivity index (χ1v) is 6.05. The van der Waals surface area contributed by atoms with E-state index in [0.717, 1.165) is 31.7 Å². The summed E-state index contributed by atoms with van der Waals surface area (Å²) >= 11 is 0. The SMILES string of the molecule is O=[N+]([O-])c1cccc2c1ccn2CC1CCOC1. The Hall–Kier alpha value is -1.88. The molecule has 0 aliphatic carbocycles. The zero-order valence-corrected chi connectivity index (χ0v) is 9.91. The number of fused-ring (bicyclic) bond motifs is 1. The maximum absolute atomic E-state index is 10.9. The largest absolute Gasteiger partial charge is 0.381 e. The van der Waals surface area contributed by atoms with Crippen molar-refractivity contribution in [1.29, 1.82) is 0 Å². The minimum atomic E-state index is -0.328. The first-order chi connectivity index (χ1) is 8.75. The van der Waals surface area contributed by atoms with Gasteiger partial charge in [0.2, 0.25) is 0 Å². The number of non-ortho nitro benzene ring substituents is 1. The van der Waals surface area contributed by atoms with Crippen LogP contribution in [0.15, 0.2) is 30.5 Å². The number of rotatable bonds is 3. The second-order valence-corrected chi connectivity index (χ2v) is 4.66. The number of nitrogens with zero attached hydrogens (tertiary/aromatic N) is 2. The van der Waals surface area contributed by atoms with Crippen molar-refractivity contribution in [3.8, 4) is 0 Å². The Kier molecular flexibility index (Phi) is 2.76. The molecule has 3 rings (SSSR count). The Bertz CT molecular complexity index is 585. The molecule has 94 valence electrons. The third kappa shape index (κ3) is 1.86. The van der Waals surface area contributed by atoms with Crippen LogP contribution >= 0.6 is 0 Å². The Morgan fingerprint density at radius 1 is 1.44 bits per heavy atom. The summed E-state index contributed by atoms with van der Waals surface area (Å²) in [7, 11) is 0. The van der Waals surface area contributed by atoms with Crippen LogP contribution in [0.3, 0.4) is 0 Å². The number of nitro groups is 1. The fraction of sp³-hybridized carbons (Fsp3) is 0.385. The first kappa shape index (κ1) is 11.2. The van der Waals surface area contributed by atoms with E-state index < -0.39 is 0 Å². The molecule has 0 N–H and O–H groups in total. The van der Waals surface area contributed by atoms with Gasteiger partial charge >= 0.3 is 0 Å². The summed E-state index contributed by atoms with van der Waals surface area (Å²) in [4.78, 5) is 10.6. The van der Waals surface area contributed by atoms with Crippen LogP contribution in [0.4, 0.5) is 5.69 Å². The van der Waals surface area contributed by atoms with Crippen LogP contribution in [0.5, 0.6) is 0 Å². The fourth-order valence-corrected chi connectivity index (χ4v) is 2.53. The van der Waals surface area contributed by atoms with Gasteiger partial charge in [0.25, 0.3) is 5.69 Å². The summed E-state index contributed by atoms with van der Waals surface area (Å²) in [5.41, 5.74) is 1.10. The topological polar surface area (TPSA) is 57.3 Å². The van der Waals surface area contributed by atoms with E-state index in [1.807, 2.05) is 18.3 Å². The van der Waals surface area contributed by atoms with E-state index in [9.17, 15) is 10.1 Å². The lowest BCUT2D eigenvalue weighted by atomic mass is 10.1. The normalized spacial score (nSPS) is 19.4. The molecule has 1 aromatic carbocycles. The maximum Gasteiger partial charge on any atom is 0.278 e. The van der Waals surface area contributed by atoms with Gasteiger partial charge in [-0.25, -0.2) is 0 Å². The van der Waals surface area contributed by atoms with Crippen LogP contribution in [0.1, 0.15) is 6.42 Å². The average Bonchev–Trinajstić information content (AvgIpc) is 2.99. The van der Waals surface area contributed by atoms with E-state index in [1.54, 1.807) is 12.1 Å². The molecule has 5 nitrogen and oxygen atoms in total. The van der Waals surface area contributed by atoms with Crippen molar-refractivity contribution in [3.05, 3.63) is 40.6 Å².